The zero-order valence-corrected chi connectivity index (χ0v) is 17.8. The molecule has 0 unspecified atom stereocenters. The van der Waals surface area contributed by atoms with Crippen LogP contribution >= 0.6 is 0 Å². The van der Waals surface area contributed by atoms with E-state index >= 15 is 0 Å². The molecule has 3 fully saturated rings. The van der Waals surface area contributed by atoms with Gasteiger partial charge in [-0.1, -0.05) is 31.6 Å². The van der Waals surface area contributed by atoms with Crippen LogP contribution in [0.25, 0.3) is 0 Å². The summed E-state index contributed by atoms with van der Waals surface area (Å²) in [5.41, 5.74) is 3.66. The van der Waals surface area contributed by atoms with Crippen molar-refractivity contribution in [2.75, 3.05) is 13.2 Å². The lowest BCUT2D eigenvalue weighted by atomic mass is 9.47. The van der Waals surface area contributed by atoms with Crippen molar-refractivity contribution in [2.24, 2.45) is 34.5 Å². The molecule has 1 aliphatic heterocycles. The Morgan fingerprint density at radius 1 is 1.11 bits per heavy atom. The Morgan fingerprint density at radius 3 is 2.64 bits per heavy atom. The summed E-state index contributed by atoms with van der Waals surface area (Å²) in [6.07, 6.45) is 14.5. The highest BCUT2D eigenvalue weighted by atomic mass is 16.7. The largest absolute Gasteiger partial charge is 0.350 e. The number of rotatable bonds is 3. The Morgan fingerprint density at radius 2 is 1.89 bits per heavy atom. The summed E-state index contributed by atoms with van der Waals surface area (Å²) >= 11 is 0. The summed E-state index contributed by atoms with van der Waals surface area (Å²) in [6.45, 7) is 8.28. The Hall–Kier alpha value is -0.930. The molecule has 0 amide bonds. The first-order chi connectivity index (χ1) is 13.4. The minimum absolute atomic E-state index is 0.0232. The lowest BCUT2D eigenvalue weighted by molar-refractivity contribution is -0.127. The third kappa shape index (κ3) is 2.80. The average molecular weight is 385 g/mol. The first kappa shape index (κ1) is 19.1. The molecule has 3 nitrogen and oxygen atoms in total. The molecule has 0 radical (unpaired) electrons. The molecule has 6 atom stereocenters. The van der Waals surface area contributed by atoms with E-state index in [9.17, 15) is 4.79 Å². The van der Waals surface area contributed by atoms with Crippen molar-refractivity contribution in [3.8, 4) is 0 Å². The normalized spacial score (nSPS) is 45.7. The second-order valence-electron chi connectivity index (χ2n) is 10.7. The molecule has 28 heavy (non-hydrogen) atoms. The van der Waals surface area contributed by atoms with Gasteiger partial charge in [0, 0.05) is 12.3 Å². The summed E-state index contributed by atoms with van der Waals surface area (Å²) in [6, 6.07) is 0. The lowest BCUT2D eigenvalue weighted by Gasteiger charge is -2.57. The molecule has 154 valence electrons. The van der Waals surface area contributed by atoms with E-state index in [0.717, 1.165) is 43.8 Å². The van der Waals surface area contributed by atoms with Gasteiger partial charge in [-0.3, -0.25) is 4.79 Å². The summed E-state index contributed by atoms with van der Waals surface area (Å²) in [7, 11) is 0. The van der Waals surface area contributed by atoms with Gasteiger partial charge in [-0.05, 0) is 86.0 Å². The maximum atomic E-state index is 12.3. The molecule has 0 aromatic rings. The number of allylic oxidation sites excluding steroid dienone is 3. The molecule has 4 aliphatic carbocycles. The van der Waals surface area contributed by atoms with E-state index in [1.54, 1.807) is 5.57 Å². The van der Waals surface area contributed by atoms with E-state index in [-0.39, 0.29) is 11.7 Å². The molecule has 5 aliphatic rings. The van der Waals surface area contributed by atoms with Crippen LogP contribution in [0.4, 0.5) is 0 Å². The van der Waals surface area contributed by atoms with E-state index in [0.29, 0.717) is 17.1 Å². The van der Waals surface area contributed by atoms with E-state index in [2.05, 4.69) is 26.0 Å². The predicted molar refractivity (Wildman–Crippen MR) is 110 cm³/mol. The van der Waals surface area contributed by atoms with Gasteiger partial charge in [0.05, 0.1) is 13.2 Å². The fourth-order valence-corrected chi connectivity index (χ4v) is 7.95. The second kappa shape index (κ2) is 6.80. The van der Waals surface area contributed by atoms with Crippen LogP contribution in [0.1, 0.15) is 72.1 Å². The maximum absolute atomic E-state index is 12.3. The van der Waals surface area contributed by atoms with Crippen molar-refractivity contribution < 1.29 is 14.3 Å². The Bertz CT molecular complexity index is 715. The summed E-state index contributed by atoms with van der Waals surface area (Å²) in [4.78, 5) is 12.3. The molecular weight excluding hydrogens is 348 g/mol. The van der Waals surface area contributed by atoms with E-state index in [1.807, 2.05) is 6.92 Å². The van der Waals surface area contributed by atoms with Crippen molar-refractivity contribution in [1.29, 1.82) is 0 Å². The number of Topliss-reactive ketones (excluding diaryl/α,β-unsaturated/α-hetero) is 1. The van der Waals surface area contributed by atoms with Crippen LogP contribution in [0.3, 0.4) is 0 Å². The fourth-order valence-electron chi connectivity index (χ4n) is 7.95. The van der Waals surface area contributed by atoms with Crippen LogP contribution in [0.15, 0.2) is 23.3 Å². The third-order valence-corrected chi connectivity index (χ3v) is 9.46. The van der Waals surface area contributed by atoms with Crippen LogP contribution in [-0.2, 0) is 14.3 Å². The summed E-state index contributed by atoms with van der Waals surface area (Å²) < 4.78 is 11.4. The minimum atomic E-state index is -0.0232. The van der Waals surface area contributed by atoms with Crippen molar-refractivity contribution >= 4 is 5.78 Å². The first-order valence-corrected chi connectivity index (χ1v) is 11.6. The van der Waals surface area contributed by atoms with Crippen LogP contribution in [0.5, 0.6) is 0 Å². The van der Waals surface area contributed by atoms with Crippen molar-refractivity contribution in [3.63, 3.8) is 0 Å². The van der Waals surface area contributed by atoms with Crippen LogP contribution in [0.2, 0.25) is 0 Å². The third-order valence-electron chi connectivity index (χ3n) is 9.46. The highest BCUT2D eigenvalue weighted by molar-refractivity contribution is 5.79. The Labute approximate surface area is 169 Å². The molecular formula is C25H36O3. The lowest BCUT2D eigenvalue weighted by Crippen LogP contribution is -2.49. The monoisotopic (exact) mass is 384 g/mol. The zero-order chi connectivity index (χ0) is 19.5. The number of ether oxygens (including phenoxy) is 2. The standard InChI is InChI=1S/C25H36O3/c1-16(26)20-6-7-21-19-5-4-18-14-17(15-23-27-12-13-28-23)8-10-24(18,2)22(19)9-11-25(20,21)3/h4,14,19-23H,5-13,15H2,1-3H3/t19-,20+,21-,22-,24-,25+/m0/s1. The number of carbonyl (C=O) groups excluding carboxylic acids is 1. The summed E-state index contributed by atoms with van der Waals surface area (Å²) in [5, 5.41) is 0. The molecule has 0 N–H and O–H groups in total. The van der Waals surface area contributed by atoms with Crippen molar-refractivity contribution in [1.82, 2.24) is 0 Å². The predicted octanol–water partition coefficient (Wildman–Crippen LogP) is 5.45. The summed E-state index contributed by atoms with van der Waals surface area (Å²) in [5.74, 6) is 3.03. The average Bonchev–Trinajstić information content (AvgIpc) is 3.28. The maximum Gasteiger partial charge on any atom is 0.161 e. The van der Waals surface area contributed by atoms with E-state index in [1.165, 1.54) is 44.1 Å². The van der Waals surface area contributed by atoms with Crippen molar-refractivity contribution in [2.45, 2.75) is 78.4 Å². The van der Waals surface area contributed by atoms with E-state index in [4.69, 9.17) is 9.47 Å². The van der Waals surface area contributed by atoms with Gasteiger partial charge >= 0.3 is 0 Å². The number of fused-ring (bicyclic) bond motifs is 5. The van der Waals surface area contributed by atoms with Gasteiger partial charge in [0.1, 0.15) is 5.78 Å². The van der Waals surface area contributed by atoms with Gasteiger partial charge in [-0.15, -0.1) is 0 Å². The number of ketones is 1. The topological polar surface area (TPSA) is 35.5 Å². The first-order valence-electron chi connectivity index (χ1n) is 11.6. The minimum Gasteiger partial charge on any atom is -0.350 e. The fraction of sp³-hybridized carbons (Fsp3) is 0.800. The SMILES string of the molecule is CC(=O)[C@H]1CC[C@H]2[C@@H]3CC=C4C=C(CC5OCCO5)CC[C@]4(C)[C@H]3CC[C@]12C. The van der Waals surface area contributed by atoms with Gasteiger partial charge in [-0.25, -0.2) is 0 Å². The molecule has 0 spiro atoms. The highest BCUT2D eigenvalue weighted by Gasteiger charge is 2.58. The molecule has 0 aromatic heterocycles. The van der Waals surface area contributed by atoms with Crippen LogP contribution in [0, 0.1) is 34.5 Å². The van der Waals surface area contributed by atoms with E-state index < -0.39 is 0 Å². The number of hydrogen-bond donors (Lipinski definition) is 0. The molecule has 0 aromatic carbocycles. The molecule has 1 heterocycles. The smallest absolute Gasteiger partial charge is 0.161 e. The number of carbonyl (C=O) groups is 1. The van der Waals surface area contributed by atoms with Gasteiger partial charge in [0.25, 0.3) is 0 Å². The Balaban J connectivity index is 1.39. The van der Waals surface area contributed by atoms with Gasteiger partial charge < -0.3 is 9.47 Å². The molecule has 3 heteroatoms. The highest BCUT2D eigenvalue weighted by Crippen LogP contribution is 2.66. The molecule has 2 saturated carbocycles. The zero-order valence-electron chi connectivity index (χ0n) is 17.8. The molecule has 5 rings (SSSR count). The number of hydrogen-bond acceptors (Lipinski definition) is 3. The van der Waals surface area contributed by atoms with Gasteiger partial charge in [-0.2, -0.15) is 0 Å². The molecule has 0 bridgehead atoms. The van der Waals surface area contributed by atoms with Gasteiger partial charge in [0.15, 0.2) is 6.29 Å². The van der Waals surface area contributed by atoms with Gasteiger partial charge in [0.2, 0.25) is 0 Å². The quantitative estimate of drug-likeness (QED) is 0.649. The van der Waals surface area contributed by atoms with Crippen LogP contribution < -0.4 is 0 Å². The second-order valence-corrected chi connectivity index (χ2v) is 10.7. The van der Waals surface area contributed by atoms with Crippen LogP contribution in [-0.4, -0.2) is 25.3 Å². The molecule has 1 saturated heterocycles. The Kier molecular flexibility index (Phi) is 4.63. The van der Waals surface area contributed by atoms with Crippen molar-refractivity contribution in [3.05, 3.63) is 23.3 Å².